The molecule has 5 aliphatic rings. The fourth-order valence-electron chi connectivity index (χ4n) is 5.90. The number of halogens is 2. The van der Waals surface area contributed by atoms with Gasteiger partial charge in [-0.15, -0.1) is 0 Å². The van der Waals surface area contributed by atoms with Crippen molar-refractivity contribution in [1.82, 2.24) is 5.01 Å². The molecule has 6 unspecified atom stereocenters. The van der Waals surface area contributed by atoms with Gasteiger partial charge in [-0.05, 0) is 69.8 Å². The number of allylic oxidation sites excluding steroid dienone is 2. The Morgan fingerprint density at radius 2 is 1.79 bits per heavy atom. The maximum atomic E-state index is 13.1. The molecule has 0 N–H and O–H groups in total. The number of imide groups is 1. The molecule has 1 saturated heterocycles. The number of hydrazone groups is 1. The Hall–Kier alpha value is -2.64. The van der Waals surface area contributed by atoms with Crippen LogP contribution in [0.25, 0.3) is 0 Å². The minimum absolute atomic E-state index is 0.179. The van der Waals surface area contributed by atoms with Gasteiger partial charge in [-0.3, -0.25) is 9.59 Å². The highest BCUT2D eigenvalue weighted by molar-refractivity contribution is 9.10. The van der Waals surface area contributed by atoms with Crippen LogP contribution in [0.1, 0.15) is 17.5 Å². The molecule has 3 fully saturated rings. The molecule has 7 rings (SSSR count). The van der Waals surface area contributed by atoms with Gasteiger partial charge in [0.2, 0.25) is 0 Å². The summed E-state index contributed by atoms with van der Waals surface area (Å²) in [5, 5.41) is 6.02. The lowest BCUT2D eigenvalue weighted by Gasteiger charge is -2.37. The summed E-state index contributed by atoms with van der Waals surface area (Å²) < 4.78 is 12.2. The number of nitrogens with zero attached hydrogens (tertiary/aromatic N) is 2. The summed E-state index contributed by atoms with van der Waals surface area (Å²) in [5.41, 5.74) is 1.53. The van der Waals surface area contributed by atoms with Crippen LogP contribution in [0.4, 0.5) is 0 Å². The van der Waals surface area contributed by atoms with Crippen LogP contribution in [0.2, 0.25) is 5.02 Å². The van der Waals surface area contributed by atoms with Gasteiger partial charge in [-0.25, -0.2) is 0 Å². The number of hydrogen-bond donors (Lipinski definition) is 0. The molecule has 2 bridgehead atoms. The van der Waals surface area contributed by atoms with Crippen LogP contribution in [0.15, 0.2) is 58.1 Å². The predicted octanol–water partition coefficient (Wildman–Crippen LogP) is 5.08. The Labute approximate surface area is 210 Å². The highest BCUT2D eigenvalue weighted by Crippen LogP contribution is 2.65. The predicted molar refractivity (Wildman–Crippen MR) is 131 cm³/mol. The van der Waals surface area contributed by atoms with Gasteiger partial charge in [-0.2, -0.15) is 10.1 Å². The van der Waals surface area contributed by atoms with Crippen molar-refractivity contribution in [2.24, 2.45) is 40.6 Å². The molecule has 4 aliphatic carbocycles. The Balaban J connectivity index is 1.21. The SMILES string of the molecule is COc1cc(/C=N/N2C(=O)C3C4C=CC(C5CC45)C3C2=O)cc(Br)c1OCc1ccccc1Cl. The van der Waals surface area contributed by atoms with Crippen molar-refractivity contribution in [3.63, 3.8) is 0 Å². The molecule has 2 aromatic rings. The van der Waals surface area contributed by atoms with Crippen molar-refractivity contribution in [3.05, 3.63) is 69.2 Å². The largest absolute Gasteiger partial charge is 0.493 e. The van der Waals surface area contributed by atoms with Crippen molar-refractivity contribution in [3.8, 4) is 11.5 Å². The summed E-state index contributed by atoms with van der Waals surface area (Å²) >= 11 is 9.77. The summed E-state index contributed by atoms with van der Waals surface area (Å²) in [6, 6.07) is 11.1. The molecule has 6 nitrogen and oxygen atoms in total. The zero-order chi connectivity index (χ0) is 23.6. The van der Waals surface area contributed by atoms with Crippen molar-refractivity contribution in [2.45, 2.75) is 13.0 Å². The van der Waals surface area contributed by atoms with Gasteiger partial charge >= 0.3 is 0 Å². The topological polar surface area (TPSA) is 68.2 Å². The van der Waals surface area contributed by atoms with E-state index in [-0.39, 0.29) is 42.1 Å². The third kappa shape index (κ3) is 3.40. The van der Waals surface area contributed by atoms with E-state index in [1.165, 1.54) is 6.21 Å². The molecule has 34 heavy (non-hydrogen) atoms. The molecule has 2 aromatic carbocycles. The minimum Gasteiger partial charge on any atom is -0.493 e. The number of rotatable bonds is 6. The normalized spacial score (nSPS) is 30.6. The summed E-state index contributed by atoms with van der Waals surface area (Å²) in [6.45, 7) is 0.278. The minimum atomic E-state index is -0.259. The lowest BCUT2D eigenvalue weighted by atomic mass is 9.63. The molecule has 174 valence electrons. The van der Waals surface area contributed by atoms with Gasteiger partial charge < -0.3 is 9.47 Å². The number of hydrogen-bond acceptors (Lipinski definition) is 5. The first-order valence-corrected chi connectivity index (χ1v) is 12.5. The van der Waals surface area contributed by atoms with E-state index in [2.05, 4.69) is 33.2 Å². The van der Waals surface area contributed by atoms with Crippen LogP contribution in [0.5, 0.6) is 11.5 Å². The Morgan fingerprint density at radius 3 is 2.44 bits per heavy atom. The van der Waals surface area contributed by atoms with Crippen molar-refractivity contribution in [2.75, 3.05) is 7.11 Å². The van der Waals surface area contributed by atoms with Crippen molar-refractivity contribution >= 4 is 45.6 Å². The summed E-state index contributed by atoms with van der Waals surface area (Å²) in [6.07, 6.45) is 6.97. The number of carbonyl (C=O) groups excluding carboxylic acids is 2. The second-order valence-corrected chi connectivity index (χ2v) is 10.6. The second kappa shape index (κ2) is 8.24. The number of benzene rings is 2. The lowest BCUT2D eigenvalue weighted by molar-refractivity contribution is -0.140. The molecule has 0 aromatic heterocycles. The number of methoxy groups -OCH3 is 1. The van der Waals surface area contributed by atoms with Gasteiger partial charge in [0.1, 0.15) is 6.61 Å². The number of carbonyl (C=O) groups is 2. The van der Waals surface area contributed by atoms with E-state index in [0.717, 1.165) is 17.0 Å². The molecule has 0 spiro atoms. The molecule has 8 heteroatoms. The summed E-state index contributed by atoms with van der Waals surface area (Å²) in [7, 11) is 1.55. The molecule has 2 amide bonds. The average molecular weight is 542 g/mol. The van der Waals surface area contributed by atoms with Gasteiger partial charge in [0.05, 0.1) is 29.6 Å². The van der Waals surface area contributed by atoms with Crippen molar-refractivity contribution < 1.29 is 19.1 Å². The fourth-order valence-corrected chi connectivity index (χ4v) is 6.66. The first-order valence-electron chi connectivity index (χ1n) is 11.3. The zero-order valence-electron chi connectivity index (χ0n) is 18.4. The molecule has 0 radical (unpaired) electrons. The third-order valence-corrected chi connectivity index (χ3v) is 8.50. The third-order valence-electron chi connectivity index (χ3n) is 7.54. The highest BCUT2D eigenvalue weighted by Gasteiger charge is 2.67. The molecular weight excluding hydrogens is 520 g/mol. The van der Waals surface area contributed by atoms with E-state index in [9.17, 15) is 9.59 Å². The summed E-state index contributed by atoms with van der Waals surface area (Å²) in [5.74, 6) is 1.64. The van der Waals surface area contributed by atoms with Crippen LogP contribution < -0.4 is 9.47 Å². The average Bonchev–Trinajstić information content (AvgIpc) is 3.62. The van der Waals surface area contributed by atoms with Crippen molar-refractivity contribution in [1.29, 1.82) is 0 Å². The fraction of sp³-hybridized carbons (Fsp3) is 0.346. The van der Waals surface area contributed by atoms with Gasteiger partial charge in [-0.1, -0.05) is 42.0 Å². The van der Waals surface area contributed by atoms with E-state index in [1.807, 2.05) is 30.3 Å². The molecular formula is C26H22BrClN2O4. The van der Waals surface area contributed by atoms with E-state index in [1.54, 1.807) is 13.2 Å². The van der Waals surface area contributed by atoms with Crippen LogP contribution in [-0.2, 0) is 16.2 Å². The summed E-state index contributed by atoms with van der Waals surface area (Å²) in [4.78, 5) is 26.2. The maximum absolute atomic E-state index is 13.1. The van der Waals surface area contributed by atoms with Crippen LogP contribution in [-0.4, -0.2) is 30.1 Å². The smallest absolute Gasteiger partial charge is 0.254 e. The molecule has 1 aliphatic heterocycles. The first kappa shape index (κ1) is 21.9. The van der Waals surface area contributed by atoms with Gasteiger partial charge in [0.25, 0.3) is 11.8 Å². The Kier molecular flexibility index (Phi) is 5.30. The quantitative estimate of drug-likeness (QED) is 0.291. The molecule has 6 atom stereocenters. The number of amides is 2. The molecule has 1 heterocycles. The monoisotopic (exact) mass is 540 g/mol. The maximum Gasteiger partial charge on any atom is 0.254 e. The highest BCUT2D eigenvalue weighted by atomic mass is 79.9. The van der Waals surface area contributed by atoms with E-state index < -0.39 is 0 Å². The van der Waals surface area contributed by atoms with Crippen LogP contribution >= 0.6 is 27.5 Å². The number of ether oxygens (including phenoxy) is 2. The Morgan fingerprint density at radius 1 is 1.12 bits per heavy atom. The first-order chi connectivity index (χ1) is 16.5. The van der Waals surface area contributed by atoms with Gasteiger partial charge in [0, 0.05) is 10.6 Å². The van der Waals surface area contributed by atoms with Crippen LogP contribution in [0.3, 0.4) is 0 Å². The van der Waals surface area contributed by atoms with E-state index >= 15 is 0 Å². The molecule has 2 saturated carbocycles. The van der Waals surface area contributed by atoms with Gasteiger partial charge in [0.15, 0.2) is 11.5 Å². The van der Waals surface area contributed by atoms with Crippen LogP contribution in [0, 0.1) is 35.5 Å². The van der Waals surface area contributed by atoms with E-state index in [4.69, 9.17) is 21.1 Å². The lowest BCUT2D eigenvalue weighted by Crippen LogP contribution is -2.40. The standard InChI is InChI=1S/C26H22BrClN2O4/c1-33-21-9-13(8-19(27)24(21)34-12-14-4-2-3-5-20(14)28)11-29-30-25(31)22-15-6-7-16(18-10-17(15)18)23(22)26(30)32/h2-9,11,15-18,22-23H,10,12H2,1H3/b29-11+. The zero-order valence-corrected chi connectivity index (χ0v) is 20.7. The van der Waals surface area contributed by atoms with E-state index in [0.29, 0.717) is 38.4 Å². The Bertz CT molecular complexity index is 1230. The second-order valence-electron chi connectivity index (χ2n) is 9.30.